The van der Waals surface area contributed by atoms with Crippen molar-refractivity contribution in [2.24, 2.45) is 5.73 Å². The van der Waals surface area contributed by atoms with Gasteiger partial charge in [-0.1, -0.05) is 19.3 Å². The Kier molecular flexibility index (Phi) is 3.65. The van der Waals surface area contributed by atoms with Crippen molar-refractivity contribution in [1.82, 2.24) is 4.90 Å². The lowest BCUT2D eigenvalue weighted by atomic mass is 9.81. The Balaban J connectivity index is 2.01. The molecule has 17 heavy (non-hydrogen) atoms. The molecule has 2 aliphatic rings. The number of carbonyl (C=O) groups is 1. The number of ether oxygens (including phenoxy) is 1. The first-order valence-corrected chi connectivity index (χ1v) is 6.25. The van der Waals surface area contributed by atoms with E-state index in [1.54, 1.807) is 4.90 Å². The van der Waals surface area contributed by atoms with E-state index in [0.717, 1.165) is 32.1 Å². The summed E-state index contributed by atoms with van der Waals surface area (Å²) in [5, 5.41) is 8.82. The highest BCUT2D eigenvalue weighted by molar-refractivity contribution is 5.86. The molecule has 1 heterocycles. The first-order valence-electron chi connectivity index (χ1n) is 6.25. The van der Waals surface area contributed by atoms with Gasteiger partial charge in [-0.05, 0) is 12.8 Å². The summed E-state index contributed by atoms with van der Waals surface area (Å²) in [6.45, 7) is 1.34. The fraction of sp³-hybridized carbons (Fsp3) is 0.833. The molecule has 5 heteroatoms. The third-order valence-electron chi connectivity index (χ3n) is 3.67. The Morgan fingerprint density at radius 1 is 1.41 bits per heavy atom. The van der Waals surface area contributed by atoms with Crippen LogP contribution in [-0.4, -0.2) is 42.1 Å². The minimum absolute atomic E-state index is 0.000694. The summed E-state index contributed by atoms with van der Waals surface area (Å²) in [4.78, 5) is 14.1. The highest BCUT2D eigenvalue weighted by Gasteiger charge is 2.39. The number of carbonyl (C=O) groups excluding carboxylic acids is 1. The van der Waals surface area contributed by atoms with Crippen molar-refractivity contribution in [3.8, 4) is 6.07 Å². The van der Waals surface area contributed by atoms with Gasteiger partial charge in [0.1, 0.15) is 0 Å². The average molecular weight is 237 g/mol. The summed E-state index contributed by atoms with van der Waals surface area (Å²) < 4.78 is 5.23. The van der Waals surface area contributed by atoms with Crippen molar-refractivity contribution < 1.29 is 9.53 Å². The molecular weight excluding hydrogens is 218 g/mol. The molecule has 0 aromatic carbocycles. The van der Waals surface area contributed by atoms with Gasteiger partial charge in [0.2, 0.25) is 5.91 Å². The second kappa shape index (κ2) is 5.03. The van der Waals surface area contributed by atoms with Crippen molar-refractivity contribution in [3.05, 3.63) is 0 Å². The Bertz CT molecular complexity index is 331. The lowest BCUT2D eigenvalue weighted by Gasteiger charge is -2.39. The molecule has 1 saturated heterocycles. The fourth-order valence-electron chi connectivity index (χ4n) is 2.62. The fourth-order valence-corrected chi connectivity index (χ4v) is 2.62. The van der Waals surface area contributed by atoms with Gasteiger partial charge in [-0.15, -0.1) is 0 Å². The number of hydrogen-bond acceptors (Lipinski definition) is 4. The van der Waals surface area contributed by atoms with Gasteiger partial charge in [0.25, 0.3) is 0 Å². The topological polar surface area (TPSA) is 79.4 Å². The number of rotatable bonds is 1. The molecule has 0 aromatic rings. The van der Waals surface area contributed by atoms with Gasteiger partial charge in [-0.2, -0.15) is 5.26 Å². The first kappa shape index (κ1) is 12.3. The summed E-state index contributed by atoms with van der Waals surface area (Å²) in [7, 11) is 0. The van der Waals surface area contributed by atoms with Crippen molar-refractivity contribution in [2.45, 2.75) is 43.7 Å². The molecule has 2 N–H and O–H groups in total. The molecule has 1 atom stereocenters. The normalized spacial score (nSPS) is 28.5. The summed E-state index contributed by atoms with van der Waals surface area (Å²) in [6.07, 6.45) is 4.24. The standard InChI is InChI=1S/C12H19N3O2/c13-8-10-9-15(6-7-17-10)11(16)12(14)4-2-1-3-5-12/h10H,1-7,9,14H2. The smallest absolute Gasteiger partial charge is 0.242 e. The van der Waals surface area contributed by atoms with Crippen LogP contribution in [0.3, 0.4) is 0 Å². The molecule has 0 radical (unpaired) electrons. The van der Waals surface area contributed by atoms with Crippen LogP contribution in [0.5, 0.6) is 0 Å². The van der Waals surface area contributed by atoms with Crippen LogP contribution in [0.25, 0.3) is 0 Å². The lowest BCUT2D eigenvalue weighted by Crippen LogP contribution is -2.59. The maximum atomic E-state index is 12.4. The predicted molar refractivity (Wildman–Crippen MR) is 61.9 cm³/mol. The molecule has 0 aromatic heterocycles. The van der Waals surface area contributed by atoms with Gasteiger partial charge in [0.15, 0.2) is 6.10 Å². The van der Waals surface area contributed by atoms with Crippen LogP contribution in [0, 0.1) is 11.3 Å². The molecule has 1 amide bonds. The van der Waals surface area contributed by atoms with E-state index in [1.807, 2.05) is 6.07 Å². The Hall–Kier alpha value is -1.12. The molecule has 1 saturated carbocycles. The van der Waals surface area contributed by atoms with Crippen LogP contribution in [-0.2, 0) is 9.53 Å². The summed E-state index contributed by atoms with van der Waals surface area (Å²) in [5.41, 5.74) is 5.51. The third kappa shape index (κ3) is 2.59. The van der Waals surface area contributed by atoms with E-state index >= 15 is 0 Å². The van der Waals surface area contributed by atoms with E-state index in [1.165, 1.54) is 0 Å². The highest BCUT2D eigenvalue weighted by Crippen LogP contribution is 2.28. The SMILES string of the molecule is N#CC1CN(C(=O)C2(N)CCCCC2)CCO1. The zero-order valence-corrected chi connectivity index (χ0v) is 10.0. The van der Waals surface area contributed by atoms with Gasteiger partial charge in [-0.3, -0.25) is 4.79 Å². The van der Waals surface area contributed by atoms with Crippen molar-refractivity contribution in [2.75, 3.05) is 19.7 Å². The molecule has 94 valence electrons. The Morgan fingerprint density at radius 2 is 2.12 bits per heavy atom. The highest BCUT2D eigenvalue weighted by atomic mass is 16.5. The minimum atomic E-state index is -0.699. The van der Waals surface area contributed by atoms with E-state index in [0.29, 0.717) is 19.7 Å². The maximum Gasteiger partial charge on any atom is 0.242 e. The zero-order valence-electron chi connectivity index (χ0n) is 10.0. The number of hydrogen-bond donors (Lipinski definition) is 1. The molecule has 5 nitrogen and oxygen atoms in total. The number of amides is 1. The van der Waals surface area contributed by atoms with Crippen LogP contribution < -0.4 is 5.73 Å². The minimum Gasteiger partial charge on any atom is -0.360 e. The number of morpholine rings is 1. The van der Waals surface area contributed by atoms with E-state index < -0.39 is 11.6 Å². The lowest BCUT2D eigenvalue weighted by molar-refractivity contribution is -0.144. The van der Waals surface area contributed by atoms with Gasteiger partial charge in [0, 0.05) is 6.54 Å². The first-order chi connectivity index (χ1) is 8.15. The van der Waals surface area contributed by atoms with E-state index in [2.05, 4.69) is 0 Å². The van der Waals surface area contributed by atoms with Crippen LogP contribution in [0.2, 0.25) is 0 Å². The third-order valence-corrected chi connectivity index (χ3v) is 3.67. The Labute approximate surface area is 102 Å². The van der Waals surface area contributed by atoms with Crippen LogP contribution in [0.1, 0.15) is 32.1 Å². The van der Waals surface area contributed by atoms with Crippen LogP contribution in [0.15, 0.2) is 0 Å². The number of nitriles is 1. The molecule has 1 unspecified atom stereocenters. The second-order valence-corrected chi connectivity index (χ2v) is 4.96. The molecule has 0 spiro atoms. The molecule has 1 aliphatic heterocycles. The van der Waals surface area contributed by atoms with Crippen molar-refractivity contribution in [1.29, 1.82) is 5.26 Å². The van der Waals surface area contributed by atoms with E-state index in [4.69, 9.17) is 15.7 Å². The van der Waals surface area contributed by atoms with E-state index in [9.17, 15) is 4.79 Å². The van der Waals surface area contributed by atoms with E-state index in [-0.39, 0.29) is 5.91 Å². The quantitative estimate of drug-likeness (QED) is 0.716. The largest absolute Gasteiger partial charge is 0.360 e. The summed E-state index contributed by atoms with van der Waals surface area (Å²) >= 11 is 0. The Morgan fingerprint density at radius 3 is 2.76 bits per heavy atom. The van der Waals surface area contributed by atoms with Gasteiger partial charge < -0.3 is 15.4 Å². The van der Waals surface area contributed by atoms with Gasteiger partial charge in [0.05, 0.1) is 24.8 Å². The van der Waals surface area contributed by atoms with Gasteiger partial charge in [-0.25, -0.2) is 0 Å². The van der Waals surface area contributed by atoms with Crippen LogP contribution in [0.4, 0.5) is 0 Å². The van der Waals surface area contributed by atoms with Crippen molar-refractivity contribution in [3.63, 3.8) is 0 Å². The molecule has 1 aliphatic carbocycles. The predicted octanol–water partition coefficient (Wildman–Crippen LogP) is 0.399. The monoisotopic (exact) mass is 237 g/mol. The average Bonchev–Trinajstić information content (AvgIpc) is 2.39. The molecule has 2 fully saturated rings. The summed E-state index contributed by atoms with van der Waals surface area (Å²) in [6, 6.07) is 2.05. The summed E-state index contributed by atoms with van der Waals surface area (Å²) in [5.74, 6) is 0.000694. The maximum absolute atomic E-state index is 12.4. The molecule has 2 rings (SSSR count). The van der Waals surface area contributed by atoms with Crippen molar-refractivity contribution >= 4 is 5.91 Å². The molecular formula is C12H19N3O2. The van der Waals surface area contributed by atoms with Crippen LogP contribution >= 0.6 is 0 Å². The molecule has 0 bridgehead atoms. The number of nitrogens with two attached hydrogens (primary N) is 1. The second-order valence-electron chi connectivity index (χ2n) is 4.96. The zero-order chi connectivity index (χ0) is 12.3. The van der Waals surface area contributed by atoms with Gasteiger partial charge >= 0.3 is 0 Å². The number of nitrogens with zero attached hydrogens (tertiary/aromatic N) is 2.